The predicted molar refractivity (Wildman–Crippen MR) is 102 cm³/mol. The fourth-order valence-corrected chi connectivity index (χ4v) is 4.93. The average Bonchev–Trinajstić information content (AvgIpc) is 3.14. The fourth-order valence-electron chi connectivity index (χ4n) is 4.13. The second-order valence-corrected chi connectivity index (χ2v) is 8.11. The third kappa shape index (κ3) is 3.35. The van der Waals surface area contributed by atoms with Crippen LogP contribution in [0.1, 0.15) is 32.1 Å². The molecule has 0 atom stereocenters. The van der Waals surface area contributed by atoms with Crippen molar-refractivity contribution in [2.45, 2.75) is 44.7 Å². The van der Waals surface area contributed by atoms with Crippen LogP contribution in [-0.2, 0) is 11.3 Å². The largest absolute Gasteiger partial charge is 0.339 e. The molecule has 2 aliphatic rings. The van der Waals surface area contributed by atoms with Crippen molar-refractivity contribution in [2.75, 3.05) is 26.2 Å². The van der Waals surface area contributed by atoms with Gasteiger partial charge in [-0.3, -0.25) is 14.5 Å². The number of rotatable bonds is 3. The minimum atomic E-state index is -0.518. The van der Waals surface area contributed by atoms with Gasteiger partial charge in [0.05, 0.1) is 5.52 Å². The highest BCUT2D eigenvalue weighted by Crippen LogP contribution is 2.23. The lowest BCUT2D eigenvalue weighted by atomic mass is 9.94. The zero-order chi connectivity index (χ0) is 18.1. The third-order valence-electron chi connectivity index (χ3n) is 5.64. The van der Waals surface area contributed by atoms with Gasteiger partial charge in [0.1, 0.15) is 11.2 Å². The van der Waals surface area contributed by atoms with Crippen LogP contribution in [0.5, 0.6) is 0 Å². The Morgan fingerprint density at radius 2 is 1.85 bits per heavy atom. The van der Waals surface area contributed by atoms with Gasteiger partial charge in [-0.25, -0.2) is 9.36 Å². The Morgan fingerprint density at radius 1 is 1.12 bits per heavy atom. The number of carbonyl (C=O) groups excluding carboxylic acids is 1. The number of thiophene rings is 1. The number of nitrogens with zero attached hydrogens (tertiary/aromatic N) is 3. The van der Waals surface area contributed by atoms with E-state index in [9.17, 15) is 14.4 Å². The molecule has 1 N–H and O–H groups in total. The Bertz CT molecular complexity index is 901. The van der Waals surface area contributed by atoms with Gasteiger partial charge in [-0.1, -0.05) is 19.3 Å². The molecule has 1 amide bonds. The Balaban J connectivity index is 1.42. The first-order valence-corrected chi connectivity index (χ1v) is 10.2. The third-order valence-corrected chi connectivity index (χ3v) is 6.55. The topological polar surface area (TPSA) is 78.4 Å². The predicted octanol–water partition coefficient (Wildman–Crippen LogP) is 1.23. The van der Waals surface area contributed by atoms with Gasteiger partial charge in [-0.2, -0.15) is 0 Å². The summed E-state index contributed by atoms with van der Waals surface area (Å²) in [5, 5.41) is 1.76. The summed E-state index contributed by atoms with van der Waals surface area (Å²) in [6.07, 6.45) is 6.48. The molecule has 4 rings (SSSR count). The van der Waals surface area contributed by atoms with E-state index >= 15 is 0 Å². The van der Waals surface area contributed by atoms with Gasteiger partial charge < -0.3 is 9.88 Å². The molecule has 26 heavy (non-hydrogen) atoms. The molecule has 0 unspecified atom stereocenters. The molecule has 0 aromatic carbocycles. The van der Waals surface area contributed by atoms with E-state index in [1.807, 2.05) is 0 Å². The van der Waals surface area contributed by atoms with Gasteiger partial charge >= 0.3 is 5.69 Å². The van der Waals surface area contributed by atoms with E-state index in [1.54, 1.807) is 16.3 Å². The fraction of sp³-hybridized carbons (Fsp3) is 0.611. The molecule has 2 aromatic heterocycles. The Hall–Kier alpha value is -1.93. The highest BCUT2D eigenvalue weighted by Gasteiger charge is 2.27. The normalized spacial score (nSPS) is 19.9. The molecule has 0 spiro atoms. The second-order valence-electron chi connectivity index (χ2n) is 7.19. The van der Waals surface area contributed by atoms with Gasteiger partial charge in [-0.05, 0) is 24.3 Å². The molecule has 1 aliphatic heterocycles. The van der Waals surface area contributed by atoms with Crippen LogP contribution in [0.2, 0.25) is 0 Å². The molecule has 0 radical (unpaired) electrons. The molecule has 140 valence electrons. The molecular formula is C18H24N4O3S. The Kier molecular flexibility index (Phi) is 4.95. The first kappa shape index (κ1) is 17.5. The summed E-state index contributed by atoms with van der Waals surface area (Å²) < 4.78 is 1.51. The van der Waals surface area contributed by atoms with Crippen LogP contribution < -0.4 is 11.2 Å². The molecule has 8 heteroatoms. The van der Waals surface area contributed by atoms with E-state index in [0.717, 1.165) is 17.7 Å². The van der Waals surface area contributed by atoms with Crippen LogP contribution in [0, 0.1) is 0 Å². The standard InChI is InChI=1S/C18H24N4O3S/c23-15(12-22-17(24)16-14(6-11-26-16)19-18(22)25)21-9-7-20(8-10-21)13-4-2-1-3-5-13/h6,11,13H,1-5,7-10,12H2,(H,19,25). The van der Waals surface area contributed by atoms with E-state index in [0.29, 0.717) is 29.3 Å². The SMILES string of the molecule is O=C(Cn1c(=O)[nH]c2ccsc2c1=O)N1CCN(C2CCCCC2)CC1. The summed E-state index contributed by atoms with van der Waals surface area (Å²) in [5.74, 6) is -0.156. The molecule has 0 bridgehead atoms. The maximum absolute atomic E-state index is 12.6. The lowest BCUT2D eigenvalue weighted by Crippen LogP contribution is -2.53. The molecule has 2 fully saturated rings. The highest BCUT2D eigenvalue weighted by atomic mass is 32.1. The number of fused-ring (bicyclic) bond motifs is 1. The monoisotopic (exact) mass is 376 g/mol. The molecule has 1 saturated heterocycles. The van der Waals surface area contributed by atoms with Crippen molar-refractivity contribution in [2.24, 2.45) is 0 Å². The van der Waals surface area contributed by atoms with E-state index in [2.05, 4.69) is 9.88 Å². The molecule has 2 aromatic rings. The number of aromatic nitrogens is 2. The number of piperazine rings is 1. The summed E-state index contributed by atoms with van der Waals surface area (Å²) in [7, 11) is 0. The number of amides is 1. The lowest BCUT2D eigenvalue weighted by Gasteiger charge is -2.40. The quantitative estimate of drug-likeness (QED) is 0.874. The van der Waals surface area contributed by atoms with Crippen molar-refractivity contribution in [1.82, 2.24) is 19.4 Å². The van der Waals surface area contributed by atoms with E-state index in [1.165, 1.54) is 43.4 Å². The summed E-state index contributed by atoms with van der Waals surface area (Å²) in [6, 6.07) is 2.37. The summed E-state index contributed by atoms with van der Waals surface area (Å²) >= 11 is 1.28. The first-order chi connectivity index (χ1) is 12.6. The van der Waals surface area contributed by atoms with Crippen LogP contribution in [0.15, 0.2) is 21.0 Å². The summed E-state index contributed by atoms with van der Waals surface area (Å²) in [4.78, 5) is 44.2. The van der Waals surface area contributed by atoms with Crippen molar-refractivity contribution < 1.29 is 4.79 Å². The number of aromatic amines is 1. The number of hydrogen-bond acceptors (Lipinski definition) is 5. The van der Waals surface area contributed by atoms with Crippen LogP contribution in [0.25, 0.3) is 10.2 Å². The average molecular weight is 376 g/mol. The minimum absolute atomic E-state index is 0.156. The summed E-state index contributed by atoms with van der Waals surface area (Å²) in [5.41, 5.74) is -0.363. The van der Waals surface area contributed by atoms with Gasteiger partial charge in [0, 0.05) is 32.2 Å². The van der Waals surface area contributed by atoms with E-state index in [4.69, 9.17) is 0 Å². The number of nitrogens with one attached hydrogen (secondary N) is 1. The number of H-pyrrole nitrogens is 1. The molecule has 1 aliphatic carbocycles. The molecule has 3 heterocycles. The van der Waals surface area contributed by atoms with Crippen LogP contribution in [-0.4, -0.2) is 57.5 Å². The van der Waals surface area contributed by atoms with E-state index in [-0.39, 0.29) is 18.0 Å². The van der Waals surface area contributed by atoms with Crippen molar-refractivity contribution >= 4 is 27.5 Å². The minimum Gasteiger partial charge on any atom is -0.339 e. The van der Waals surface area contributed by atoms with Crippen LogP contribution >= 0.6 is 11.3 Å². The van der Waals surface area contributed by atoms with Gasteiger partial charge in [0.2, 0.25) is 5.91 Å². The van der Waals surface area contributed by atoms with Crippen LogP contribution in [0.3, 0.4) is 0 Å². The Labute approximate surface area is 155 Å². The number of carbonyl (C=O) groups is 1. The van der Waals surface area contributed by atoms with Crippen LogP contribution in [0.4, 0.5) is 0 Å². The van der Waals surface area contributed by atoms with Crippen molar-refractivity contribution in [1.29, 1.82) is 0 Å². The van der Waals surface area contributed by atoms with Crippen molar-refractivity contribution in [3.05, 3.63) is 32.3 Å². The highest BCUT2D eigenvalue weighted by molar-refractivity contribution is 7.17. The Morgan fingerprint density at radius 3 is 2.58 bits per heavy atom. The van der Waals surface area contributed by atoms with Crippen molar-refractivity contribution in [3.8, 4) is 0 Å². The lowest BCUT2D eigenvalue weighted by molar-refractivity contribution is -0.134. The maximum atomic E-state index is 12.6. The van der Waals surface area contributed by atoms with Crippen molar-refractivity contribution in [3.63, 3.8) is 0 Å². The van der Waals surface area contributed by atoms with Gasteiger partial charge in [0.25, 0.3) is 5.56 Å². The first-order valence-electron chi connectivity index (χ1n) is 9.35. The number of hydrogen-bond donors (Lipinski definition) is 1. The van der Waals surface area contributed by atoms with E-state index < -0.39 is 5.69 Å². The molecule has 1 saturated carbocycles. The maximum Gasteiger partial charge on any atom is 0.329 e. The smallest absolute Gasteiger partial charge is 0.329 e. The zero-order valence-corrected chi connectivity index (χ0v) is 15.6. The van der Waals surface area contributed by atoms with Gasteiger partial charge in [0.15, 0.2) is 0 Å². The summed E-state index contributed by atoms with van der Waals surface area (Å²) in [6.45, 7) is 2.91. The van der Waals surface area contributed by atoms with Gasteiger partial charge in [-0.15, -0.1) is 11.3 Å². The molecular weight excluding hydrogens is 352 g/mol. The molecule has 7 nitrogen and oxygen atoms in total. The second kappa shape index (κ2) is 7.36. The zero-order valence-electron chi connectivity index (χ0n) is 14.8.